The molecule has 0 N–H and O–H groups in total. The first-order valence-electron chi connectivity index (χ1n) is 8.94. The van der Waals surface area contributed by atoms with Crippen molar-refractivity contribution in [3.05, 3.63) is 0 Å². The van der Waals surface area contributed by atoms with E-state index in [9.17, 15) is 0 Å². The quantitative estimate of drug-likeness (QED) is 0.781. The number of rotatable bonds is 3. The molecule has 0 spiro atoms. The first-order valence-corrected chi connectivity index (χ1v) is 8.94. The number of fused-ring (bicyclic) bond motifs is 2. The van der Waals surface area contributed by atoms with Crippen molar-refractivity contribution in [2.24, 2.45) is 29.6 Å². The minimum absolute atomic E-state index is 0.459. The molecule has 2 nitrogen and oxygen atoms in total. The second-order valence-corrected chi connectivity index (χ2v) is 9.05. The summed E-state index contributed by atoms with van der Waals surface area (Å²) >= 11 is 0. The molecule has 0 amide bonds. The average molecular weight is 276 g/mol. The van der Waals surface area contributed by atoms with E-state index in [2.05, 4.69) is 37.5 Å². The van der Waals surface area contributed by atoms with Gasteiger partial charge < -0.3 is 4.90 Å². The van der Waals surface area contributed by atoms with Crippen molar-refractivity contribution in [2.45, 2.75) is 58.5 Å². The van der Waals surface area contributed by atoms with Crippen molar-refractivity contribution >= 4 is 0 Å². The third kappa shape index (κ3) is 2.06. The molecule has 2 saturated heterocycles. The highest BCUT2D eigenvalue weighted by Gasteiger charge is 2.53. The molecule has 0 radical (unpaired) electrons. The topological polar surface area (TPSA) is 6.48 Å². The number of hydrogen-bond acceptors (Lipinski definition) is 2. The zero-order valence-corrected chi connectivity index (χ0v) is 13.8. The fourth-order valence-corrected chi connectivity index (χ4v) is 5.46. The highest BCUT2D eigenvalue weighted by molar-refractivity contribution is 5.06. The SMILES string of the molecule is CC(C)N1CC2CC(C(C)(C)N3CC4CC4C3)CC2C1. The van der Waals surface area contributed by atoms with Gasteiger partial charge in [-0.15, -0.1) is 0 Å². The average Bonchev–Trinajstić information content (AvgIpc) is 2.80. The number of hydrogen-bond donors (Lipinski definition) is 0. The summed E-state index contributed by atoms with van der Waals surface area (Å²) < 4.78 is 0. The Hall–Kier alpha value is -0.0800. The van der Waals surface area contributed by atoms with E-state index in [4.69, 9.17) is 0 Å². The monoisotopic (exact) mass is 276 g/mol. The van der Waals surface area contributed by atoms with Crippen molar-refractivity contribution in [2.75, 3.05) is 26.2 Å². The fourth-order valence-electron chi connectivity index (χ4n) is 5.46. The summed E-state index contributed by atoms with van der Waals surface area (Å²) in [5.74, 6) is 5.10. The maximum absolute atomic E-state index is 2.84. The molecule has 0 aromatic carbocycles. The summed E-state index contributed by atoms with van der Waals surface area (Å²) in [5, 5.41) is 0. The van der Waals surface area contributed by atoms with Gasteiger partial charge in [0, 0.05) is 37.8 Å². The molecule has 4 atom stereocenters. The maximum Gasteiger partial charge on any atom is 0.0181 e. The van der Waals surface area contributed by atoms with Gasteiger partial charge in [-0.3, -0.25) is 4.90 Å². The van der Waals surface area contributed by atoms with Crippen LogP contribution in [0.1, 0.15) is 47.0 Å². The molecular formula is C18H32N2. The lowest BCUT2D eigenvalue weighted by Gasteiger charge is -2.42. The molecule has 2 aliphatic heterocycles. The van der Waals surface area contributed by atoms with E-state index in [1.54, 1.807) is 0 Å². The van der Waals surface area contributed by atoms with Crippen molar-refractivity contribution in [1.29, 1.82) is 0 Å². The summed E-state index contributed by atoms with van der Waals surface area (Å²) in [4.78, 5) is 5.56. The Bertz CT molecular complexity index is 365. The van der Waals surface area contributed by atoms with Gasteiger partial charge in [-0.05, 0) is 76.5 Å². The maximum atomic E-state index is 2.84. The molecule has 0 aromatic heterocycles. The predicted octanol–water partition coefficient (Wildman–Crippen LogP) is 3.08. The summed E-state index contributed by atoms with van der Waals surface area (Å²) in [5.41, 5.74) is 0.459. The largest absolute Gasteiger partial charge is 0.300 e. The van der Waals surface area contributed by atoms with Crippen molar-refractivity contribution < 1.29 is 0 Å². The number of piperidine rings is 1. The Labute approximate surface area is 124 Å². The standard InChI is InChI=1S/C18H32N2/c1-12(2)19-8-15-6-17(7-16(15)9-19)18(3,4)20-10-13-5-14(13)11-20/h12-17H,5-11H2,1-4H3. The fraction of sp³-hybridized carbons (Fsp3) is 1.00. The van der Waals surface area contributed by atoms with Gasteiger partial charge in [0.25, 0.3) is 0 Å². The molecule has 2 heterocycles. The summed E-state index contributed by atoms with van der Waals surface area (Å²) in [7, 11) is 0. The van der Waals surface area contributed by atoms with Crippen LogP contribution in [0.25, 0.3) is 0 Å². The Morgan fingerprint density at radius 2 is 1.30 bits per heavy atom. The highest BCUT2D eigenvalue weighted by atomic mass is 15.2. The van der Waals surface area contributed by atoms with Gasteiger partial charge in [0.15, 0.2) is 0 Å². The van der Waals surface area contributed by atoms with Crippen LogP contribution in [0, 0.1) is 29.6 Å². The number of nitrogens with zero attached hydrogens (tertiary/aromatic N) is 2. The van der Waals surface area contributed by atoms with Gasteiger partial charge in [-0.2, -0.15) is 0 Å². The summed E-state index contributed by atoms with van der Waals surface area (Å²) in [6, 6.07) is 0.748. The van der Waals surface area contributed by atoms with E-state index in [0.29, 0.717) is 5.54 Å². The Morgan fingerprint density at radius 3 is 1.80 bits per heavy atom. The van der Waals surface area contributed by atoms with Crippen molar-refractivity contribution in [1.82, 2.24) is 9.80 Å². The summed E-state index contributed by atoms with van der Waals surface area (Å²) in [6.45, 7) is 15.4. The normalized spacial score (nSPS) is 45.1. The van der Waals surface area contributed by atoms with Gasteiger partial charge in [-0.1, -0.05) is 0 Å². The van der Waals surface area contributed by atoms with Crippen LogP contribution in [0.4, 0.5) is 0 Å². The molecule has 2 heteroatoms. The van der Waals surface area contributed by atoms with Crippen LogP contribution in [-0.4, -0.2) is 47.6 Å². The number of likely N-dealkylation sites (tertiary alicyclic amines) is 2. The second kappa shape index (κ2) is 4.46. The molecule has 20 heavy (non-hydrogen) atoms. The van der Waals surface area contributed by atoms with Gasteiger partial charge in [-0.25, -0.2) is 0 Å². The Balaban J connectivity index is 1.39. The van der Waals surface area contributed by atoms with Crippen LogP contribution in [0.2, 0.25) is 0 Å². The molecule has 114 valence electrons. The van der Waals surface area contributed by atoms with Gasteiger partial charge in [0.2, 0.25) is 0 Å². The molecule has 4 unspecified atom stereocenters. The molecule has 2 aliphatic carbocycles. The Morgan fingerprint density at radius 1 is 0.800 bits per heavy atom. The Kier molecular flexibility index (Phi) is 3.03. The minimum atomic E-state index is 0.459. The van der Waals surface area contributed by atoms with Crippen LogP contribution in [0.5, 0.6) is 0 Å². The molecule has 0 aromatic rings. The lowest BCUT2D eigenvalue weighted by molar-refractivity contribution is 0.0697. The smallest absolute Gasteiger partial charge is 0.0181 e. The second-order valence-electron chi connectivity index (χ2n) is 9.05. The molecule has 4 rings (SSSR count). The lowest BCUT2D eigenvalue weighted by atomic mass is 9.83. The zero-order valence-electron chi connectivity index (χ0n) is 13.8. The van der Waals surface area contributed by atoms with E-state index in [1.165, 1.54) is 45.4 Å². The van der Waals surface area contributed by atoms with Crippen molar-refractivity contribution in [3.63, 3.8) is 0 Å². The van der Waals surface area contributed by atoms with Crippen molar-refractivity contribution in [3.8, 4) is 0 Å². The van der Waals surface area contributed by atoms with E-state index in [-0.39, 0.29) is 0 Å². The molecule has 4 aliphatic rings. The first-order chi connectivity index (χ1) is 9.45. The first kappa shape index (κ1) is 13.6. The third-order valence-electron chi connectivity index (χ3n) is 7.30. The van der Waals surface area contributed by atoms with Gasteiger partial charge in [0.1, 0.15) is 0 Å². The molecule has 4 fully saturated rings. The van der Waals surface area contributed by atoms with Crippen LogP contribution in [0.15, 0.2) is 0 Å². The predicted molar refractivity (Wildman–Crippen MR) is 83.7 cm³/mol. The lowest BCUT2D eigenvalue weighted by Crippen LogP contribution is -2.48. The molecule has 0 bridgehead atoms. The van der Waals surface area contributed by atoms with Crippen LogP contribution in [0.3, 0.4) is 0 Å². The molecular weight excluding hydrogens is 244 g/mol. The van der Waals surface area contributed by atoms with Crippen LogP contribution < -0.4 is 0 Å². The van der Waals surface area contributed by atoms with Gasteiger partial charge in [0.05, 0.1) is 0 Å². The third-order valence-corrected chi connectivity index (χ3v) is 7.30. The van der Waals surface area contributed by atoms with Crippen LogP contribution >= 0.6 is 0 Å². The van der Waals surface area contributed by atoms with E-state index in [1.807, 2.05) is 0 Å². The van der Waals surface area contributed by atoms with E-state index in [0.717, 1.165) is 35.6 Å². The zero-order chi connectivity index (χ0) is 14.1. The minimum Gasteiger partial charge on any atom is -0.300 e. The summed E-state index contributed by atoms with van der Waals surface area (Å²) in [6.07, 6.45) is 4.52. The van der Waals surface area contributed by atoms with E-state index >= 15 is 0 Å². The van der Waals surface area contributed by atoms with Gasteiger partial charge >= 0.3 is 0 Å². The van der Waals surface area contributed by atoms with E-state index < -0.39 is 0 Å². The van der Waals surface area contributed by atoms with Crippen LogP contribution in [-0.2, 0) is 0 Å². The highest BCUT2D eigenvalue weighted by Crippen LogP contribution is 2.52. The molecule has 2 saturated carbocycles.